The van der Waals surface area contributed by atoms with E-state index in [9.17, 15) is 0 Å². The summed E-state index contributed by atoms with van der Waals surface area (Å²) < 4.78 is 6.50. The first-order chi connectivity index (χ1) is 7.25. The maximum Gasteiger partial charge on any atom is 0.0594 e. The summed E-state index contributed by atoms with van der Waals surface area (Å²) in [6.45, 7) is 4.62. The number of benzene rings is 1. The van der Waals surface area contributed by atoms with Gasteiger partial charge in [-0.3, -0.25) is 4.90 Å². The van der Waals surface area contributed by atoms with Gasteiger partial charge in [0.15, 0.2) is 0 Å². The van der Waals surface area contributed by atoms with Gasteiger partial charge in [0.05, 0.1) is 13.2 Å². The van der Waals surface area contributed by atoms with Crippen LogP contribution in [0.15, 0.2) is 18.2 Å². The molecular weight excluding hydrogens is 303 g/mol. The lowest BCUT2D eigenvalue weighted by Crippen LogP contribution is -2.35. The molecular formula is C11H15IN2O. The van der Waals surface area contributed by atoms with Crippen molar-refractivity contribution < 1.29 is 4.74 Å². The smallest absolute Gasteiger partial charge is 0.0594 e. The lowest BCUT2D eigenvalue weighted by Gasteiger charge is -2.27. The fourth-order valence-corrected chi connectivity index (χ4v) is 2.23. The molecule has 15 heavy (non-hydrogen) atoms. The molecule has 0 atom stereocenters. The van der Waals surface area contributed by atoms with Crippen LogP contribution in [0.1, 0.15) is 5.56 Å². The highest BCUT2D eigenvalue weighted by Gasteiger charge is 2.11. The molecule has 4 heteroatoms. The van der Waals surface area contributed by atoms with E-state index >= 15 is 0 Å². The topological polar surface area (TPSA) is 38.5 Å². The number of ether oxygens (including phenoxy) is 1. The van der Waals surface area contributed by atoms with Gasteiger partial charge in [-0.1, -0.05) is 6.07 Å². The van der Waals surface area contributed by atoms with E-state index in [1.54, 1.807) is 0 Å². The summed E-state index contributed by atoms with van der Waals surface area (Å²) in [5, 5.41) is 0. The highest BCUT2D eigenvalue weighted by molar-refractivity contribution is 14.1. The van der Waals surface area contributed by atoms with Crippen molar-refractivity contribution in [3.8, 4) is 0 Å². The van der Waals surface area contributed by atoms with Crippen LogP contribution in [0, 0.1) is 3.57 Å². The normalized spacial score (nSPS) is 17.9. The quantitative estimate of drug-likeness (QED) is 0.666. The van der Waals surface area contributed by atoms with Crippen molar-refractivity contribution in [3.63, 3.8) is 0 Å². The number of nitrogen functional groups attached to an aromatic ring is 1. The van der Waals surface area contributed by atoms with Gasteiger partial charge in [0.2, 0.25) is 0 Å². The van der Waals surface area contributed by atoms with Crippen LogP contribution in [-0.4, -0.2) is 31.2 Å². The Hall–Kier alpha value is -0.330. The number of nitrogens with two attached hydrogens (primary N) is 1. The van der Waals surface area contributed by atoms with Gasteiger partial charge in [-0.25, -0.2) is 0 Å². The van der Waals surface area contributed by atoms with E-state index in [-0.39, 0.29) is 0 Å². The van der Waals surface area contributed by atoms with Crippen molar-refractivity contribution >= 4 is 28.3 Å². The molecule has 1 aromatic carbocycles. The van der Waals surface area contributed by atoms with Gasteiger partial charge in [-0.05, 0) is 40.3 Å². The zero-order chi connectivity index (χ0) is 10.7. The maximum absolute atomic E-state index is 5.98. The molecule has 1 aliphatic rings. The molecule has 3 nitrogen and oxygen atoms in total. The second-order valence-corrected chi connectivity index (χ2v) is 4.98. The molecule has 2 N–H and O–H groups in total. The van der Waals surface area contributed by atoms with Crippen LogP contribution in [0.5, 0.6) is 0 Å². The Morgan fingerprint density at radius 2 is 2.07 bits per heavy atom. The molecule has 0 amide bonds. The fourth-order valence-electron chi connectivity index (χ4n) is 1.71. The van der Waals surface area contributed by atoms with E-state index in [4.69, 9.17) is 10.5 Å². The van der Waals surface area contributed by atoms with Crippen LogP contribution in [0.3, 0.4) is 0 Å². The average Bonchev–Trinajstić information content (AvgIpc) is 2.24. The second-order valence-electron chi connectivity index (χ2n) is 3.73. The lowest BCUT2D eigenvalue weighted by molar-refractivity contribution is 0.0343. The average molecular weight is 318 g/mol. The van der Waals surface area contributed by atoms with Crippen LogP contribution in [0.2, 0.25) is 0 Å². The number of morpholine rings is 1. The third-order valence-corrected chi connectivity index (χ3v) is 3.28. The maximum atomic E-state index is 5.98. The van der Waals surface area contributed by atoms with E-state index in [1.165, 1.54) is 9.13 Å². The molecule has 0 aromatic heterocycles. The Bertz CT molecular complexity index is 337. The van der Waals surface area contributed by atoms with Crippen molar-refractivity contribution in [1.29, 1.82) is 0 Å². The molecule has 1 saturated heterocycles. The minimum Gasteiger partial charge on any atom is -0.398 e. The van der Waals surface area contributed by atoms with E-state index in [1.807, 2.05) is 6.07 Å². The highest BCUT2D eigenvalue weighted by Crippen LogP contribution is 2.18. The Balaban J connectivity index is 2.03. The molecule has 82 valence electrons. The molecule has 1 aromatic rings. The first kappa shape index (κ1) is 11.2. The first-order valence-electron chi connectivity index (χ1n) is 5.10. The van der Waals surface area contributed by atoms with Crippen molar-refractivity contribution in [3.05, 3.63) is 27.3 Å². The van der Waals surface area contributed by atoms with E-state index in [0.717, 1.165) is 38.5 Å². The van der Waals surface area contributed by atoms with Crippen LogP contribution >= 0.6 is 22.6 Å². The Kier molecular flexibility index (Phi) is 3.82. The third kappa shape index (κ3) is 3.06. The number of rotatable bonds is 2. The number of anilines is 1. The second kappa shape index (κ2) is 5.14. The van der Waals surface area contributed by atoms with Crippen molar-refractivity contribution in [2.75, 3.05) is 32.0 Å². The minimum atomic E-state index is 0.838. The van der Waals surface area contributed by atoms with Crippen LogP contribution < -0.4 is 5.73 Å². The zero-order valence-corrected chi connectivity index (χ0v) is 10.7. The Morgan fingerprint density at radius 3 is 2.73 bits per heavy atom. The van der Waals surface area contributed by atoms with Gasteiger partial charge in [0, 0.05) is 28.9 Å². The van der Waals surface area contributed by atoms with Crippen molar-refractivity contribution in [2.45, 2.75) is 6.54 Å². The fraction of sp³-hybridized carbons (Fsp3) is 0.455. The Morgan fingerprint density at radius 1 is 1.33 bits per heavy atom. The lowest BCUT2D eigenvalue weighted by atomic mass is 10.1. The first-order valence-corrected chi connectivity index (χ1v) is 6.17. The molecule has 0 aliphatic carbocycles. The SMILES string of the molecule is Nc1cc(I)ccc1CN1CCOCC1. The number of nitrogens with zero attached hydrogens (tertiary/aromatic N) is 1. The van der Waals surface area contributed by atoms with Gasteiger partial charge in [-0.15, -0.1) is 0 Å². The summed E-state index contributed by atoms with van der Waals surface area (Å²) >= 11 is 2.28. The standard InChI is InChI=1S/C11H15IN2O/c12-10-2-1-9(11(13)7-10)8-14-3-5-15-6-4-14/h1-2,7H,3-6,8,13H2. The summed E-state index contributed by atoms with van der Waals surface area (Å²) in [7, 11) is 0. The minimum absolute atomic E-state index is 0.838. The summed E-state index contributed by atoms with van der Waals surface area (Å²) in [5.41, 5.74) is 8.09. The highest BCUT2D eigenvalue weighted by atomic mass is 127. The molecule has 0 spiro atoms. The molecule has 1 heterocycles. The molecule has 0 saturated carbocycles. The molecule has 0 unspecified atom stereocenters. The molecule has 1 aliphatic heterocycles. The predicted octanol–water partition coefficient (Wildman–Crippen LogP) is 1.71. The van der Waals surface area contributed by atoms with Gasteiger partial charge >= 0.3 is 0 Å². The zero-order valence-electron chi connectivity index (χ0n) is 8.58. The van der Waals surface area contributed by atoms with Crippen molar-refractivity contribution in [2.24, 2.45) is 0 Å². The molecule has 1 fully saturated rings. The monoisotopic (exact) mass is 318 g/mol. The number of halogens is 1. The van der Waals surface area contributed by atoms with Gasteiger partial charge in [0.1, 0.15) is 0 Å². The van der Waals surface area contributed by atoms with Gasteiger partial charge in [0.25, 0.3) is 0 Å². The van der Waals surface area contributed by atoms with Crippen molar-refractivity contribution in [1.82, 2.24) is 4.90 Å². The Labute approximate surface area is 104 Å². The van der Waals surface area contributed by atoms with Gasteiger partial charge < -0.3 is 10.5 Å². The van der Waals surface area contributed by atoms with E-state index < -0.39 is 0 Å². The number of hydrogen-bond donors (Lipinski definition) is 1. The van der Waals surface area contributed by atoms with Crippen LogP contribution in [0.25, 0.3) is 0 Å². The van der Waals surface area contributed by atoms with Crippen LogP contribution in [-0.2, 0) is 11.3 Å². The number of hydrogen-bond acceptors (Lipinski definition) is 3. The summed E-state index contributed by atoms with van der Waals surface area (Å²) in [5.74, 6) is 0. The third-order valence-electron chi connectivity index (χ3n) is 2.61. The molecule has 0 bridgehead atoms. The summed E-state index contributed by atoms with van der Waals surface area (Å²) in [6.07, 6.45) is 0. The van der Waals surface area contributed by atoms with E-state index in [0.29, 0.717) is 0 Å². The molecule has 2 rings (SSSR count). The van der Waals surface area contributed by atoms with Gasteiger partial charge in [-0.2, -0.15) is 0 Å². The summed E-state index contributed by atoms with van der Waals surface area (Å²) in [4.78, 5) is 2.38. The summed E-state index contributed by atoms with van der Waals surface area (Å²) in [6, 6.07) is 6.25. The van der Waals surface area contributed by atoms with E-state index in [2.05, 4.69) is 39.6 Å². The molecule has 0 radical (unpaired) electrons. The van der Waals surface area contributed by atoms with Crippen LogP contribution in [0.4, 0.5) is 5.69 Å². The largest absolute Gasteiger partial charge is 0.398 e. The predicted molar refractivity (Wildman–Crippen MR) is 69.7 cm³/mol.